The molecular weight excluding hydrogens is 341 g/mol. The molecule has 23 heavy (non-hydrogen) atoms. The van der Waals surface area contributed by atoms with Crippen molar-refractivity contribution in [3.63, 3.8) is 0 Å². The molecule has 0 fully saturated rings. The monoisotopic (exact) mass is 351 g/mol. The van der Waals surface area contributed by atoms with Crippen molar-refractivity contribution < 1.29 is 14.4 Å². The van der Waals surface area contributed by atoms with Crippen LogP contribution in [0.1, 0.15) is 28.7 Å². The molecule has 0 saturated heterocycles. The average molecular weight is 352 g/mol. The maximum atomic E-state index is 12.3. The fourth-order valence-corrected chi connectivity index (χ4v) is 2.37. The first-order valence-corrected chi connectivity index (χ1v) is 7.41. The lowest BCUT2D eigenvalue weighted by molar-refractivity contribution is 0.0719. The summed E-state index contributed by atoms with van der Waals surface area (Å²) in [5.74, 6) is -0.331. The Morgan fingerprint density at radius 2 is 2.04 bits per heavy atom. The number of oxime groups is 1. The van der Waals surface area contributed by atoms with Crippen molar-refractivity contribution in [3.8, 4) is 5.75 Å². The Balaban J connectivity index is 1.89. The van der Waals surface area contributed by atoms with Crippen molar-refractivity contribution in [2.45, 2.75) is 12.5 Å². The van der Waals surface area contributed by atoms with Gasteiger partial charge in [0.15, 0.2) is 11.8 Å². The van der Waals surface area contributed by atoms with Gasteiger partial charge in [-0.25, -0.2) is 9.78 Å². The standard InChI is InChI=1S/C15H11Cl2N3O3/c16-12-7-11(23-20-12)10-6-9(18)13(17)14(19-10)15(21)22-8-4-2-1-3-5-8/h1-6,11H,7H2,(H2,18,19). The quantitative estimate of drug-likeness (QED) is 0.674. The molecule has 1 atom stereocenters. The summed E-state index contributed by atoms with van der Waals surface area (Å²) in [5.41, 5.74) is 6.37. The Kier molecular flexibility index (Phi) is 4.36. The molecule has 3 rings (SSSR count). The second-order valence-electron chi connectivity index (χ2n) is 4.77. The van der Waals surface area contributed by atoms with Crippen molar-refractivity contribution in [2.24, 2.45) is 5.16 Å². The number of esters is 1. The molecule has 0 aliphatic carbocycles. The maximum Gasteiger partial charge on any atom is 0.363 e. The van der Waals surface area contributed by atoms with Crippen molar-refractivity contribution >= 4 is 40.0 Å². The summed E-state index contributed by atoms with van der Waals surface area (Å²) in [5, 5.41) is 3.99. The molecule has 6 nitrogen and oxygen atoms in total. The number of nitrogens with two attached hydrogens (primary N) is 1. The van der Waals surface area contributed by atoms with Crippen molar-refractivity contribution in [2.75, 3.05) is 5.73 Å². The van der Waals surface area contributed by atoms with Crippen LogP contribution in [0.15, 0.2) is 41.6 Å². The van der Waals surface area contributed by atoms with E-state index in [0.29, 0.717) is 23.0 Å². The third-order valence-electron chi connectivity index (χ3n) is 3.12. The number of hydrogen-bond donors (Lipinski definition) is 1. The van der Waals surface area contributed by atoms with Gasteiger partial charge in [-0.1, -0.05) is 46.6 Å². The van der Waals surface area contributed by atoms with E-state index in [1.807, 2.05) is 6.07 Å². The van der Waals surface area contributed by atoms with Crippen LogP contribution in [0.3, 0.4) is 0 Å². The number of nitrogen functional groups attached to an aromatic ring is 1. The van der Waals surface area contributed by atoms with Crippen LogP contribution in [-0.2, 0) is 4.84 Å². The number of anilines is 1. The van der Waals surface area contributed by atoms with E-state index in [4.69, 9.17) is 38.5 Å². The summed E-state index contributed by atoms with van der Waals surface area (Å²) in [6, 6.07) is 10.1. The van der Waals surface area contributed by atoms with Crippen LogP contribution < -0.4 is 10.5 Å². The maximum absolute atomic E-state index is 12.3. The summed E-state index contributed by atoms with van der Waals surface area (Å²) in [6.07, 6.45) is -0.159. The van der Waals surface area contributed by atoms with E-state index in [9.17, 15) is 4.79 Å². The highest BCUT2D eigenvalue weighted by atomic mass is 35.5. The number of pyridine rings is 1. The summed E-state index contributed by atoms with van der Waals surface area (Å²) in [6.45, 7) is 0. The Morgan fingerprint density at radius 3 is 2.70 bits per heavy atom. The topological polar surface area (TPSA) is 86.8 Å². The zero-order valence-corrected chi connectivity index (χ0v) is 13.2. The summed E-state index contributed by atoms with van der Waals surface area (Å²) >= 11 is 11.9. The lowest BCUT2D eigenvalue weighted by Crippen LogP contribution is -2.15. The minimum Gasteiger partial charge on any atom is -0.422 e. The molecule has 1 aliphatic rings. The predicted molar refractivity (Wildman–Crippen MR) is 86.8 cm³/mol. The number of aromatic nitrogens is 1. The molecular formula is C15H11Cl2N3O3. The van der Waals surface area contributed by atoms with Gasteiger partial charge in [-0.3, -0.25) is 0 Å². The lowest BCUT2D eigenvalue weighted by Gasteiger charge is -2.12. The van der Waals surface area contributed by atoms with Crippen LogP contribution in [-0.4, -0.2) is 16.1 Å². The molecule has 1 unspecified atom stereocenters. The van der Waals surface area contributed by atoms with Gasteiger partial charge < -0.3 is 15.3 Å². The molecule has 2 aromatic rings. The summed E-state index contributed by atoms with van der Waals surface area (Å²) in [7, 11) is 0. The minimum atomic E-state index is -0.709. The molecule has 0 radical (unpaired) electrons. The predicted octanol–water partition coefficient (Wildman–Crippen LogP) is 3.55. The highest BCUT2D eigenvalue weighted by Crippen LogP contribution is 2.32. The van der Waals surface area contributed by atoms with Gasteiger partial charge in [0.05, 0.1) is 16.4 Å². The first kappa shape index (κ1) is 15.6. The lowest BCUT2D eigenvalue weighted by atomic mass is 10.1. The molecule has 1 aromatic heterocycles. The molecule has 1 aliphatic heterocycles. The van der Waals surface area contributed by atoms with Crippen LogP contribution in [0.4, 0.5) is 5.69 Å². The number of rotatable bonds is 3. The Bertz CT molecular complexity index is 781. The van der Waals surface area contributed by atoms with Crippen LogP contribution in [0.5, 0.6) is 5.75 Å². The first-order valence-electron chi connectivity index (χ1n) is 6.66. The average Bonchev–Trinajstić information content (AvgIpc) is 2.97. The van der Waals surface area contributed by atoms with E-state index in [1.165, 1.54) is 6.07 Å². The molecule has 8 heteroatoms. The number of benzene rings is 1. The Morgan fingerprint density at radius 1 is 1.30 bits per heavy atom. The fourth-order valence-electron chi connectivity index (χ4n) is 2.02. The molecule has 0 bridgehead atoms. The number of carbonyl (C=O) groups excluding carboxylic acids is 1. The van der Waals surface area contributed by atoms with Gasteiger partial charge in [-0.2, -0.15) is 0 Å². The van der Waals surface area contributed by atoms with Crippen LogP contribution in [0.2, 0.25) is 5.02 Å². The second kappa shape index (κ2) is 6.44. The largest absolute Gasteiger partial charge is 0.422 e. The zero-order valence-electron chi connectivity index (χ0n) is 11.7. The SMILES string of the molecule is Nc1cc(C2CC(Cl)=NO2)nc(C(=O)Oc2ccccc2)c1Cl. The third-order valence-corrected chi connectivity index (χ3v) is 3.74. The summed E-state index contributed by atoms with van der Waals surface area (Å²) in [4.78, 5) is 21.6. The van der Waals surface area contributed by atoms with Gasteiger partial charge in [0.25, 0.3) is 0 Å². The Labute approximate surface area is 141 Å². The number of nitrogens with zero attached hydrogens (tertiary/aromatic N) is 2. The first-order chi connectivity index (χ1) is 11.0. The van der Waals surface area contributed by atoms with Crippen LogP contribution >= 0.6 is 23.2 Å². The van der Waals surface area contributed by atoms with Gasteiger partial charge in [0.1, 0.15) is 10.9 Å². The normalized spacial score (nSPS) is 16.6. The van der Waals surface area contributed by atoms with E-state index in [-0.39, 0.29) is 16.4 Å². The number of hydrogen-bond acceptors (Lipinski definition) is 6. The van der Waals surface area contributed by atoms with Gasteiger partial charge in [0, 0.05) is 6.42 Å². The van der Waals surface area contributed by atoms with Crippen LogP contribution in [0, 0.1) is 0 Å². The molecule has 0 spiro atoms. The number of para-hydroxylation sites is 1. The van der Waals surface area contributed by atoms with E-state index in [0.717, 1.165) is 0 Å². The third kappa shape index (κ3) is 3.38. The second-order valence-corrected chi connectivity index (χ2v) is 5.58. The van der Waals surface area contributed by atoms with E-state index in [1.54, 1.807) is 24.3 Å². The molecule has 2 N–H and O–H groups in total. The van der Waals surface area contributed by atoms with Crippen molar-refractivity contribution in [1.29, 1.82) is 0 Å². The number of ether oxygens (including phenoxy) is 1. The molecule has 0 amide bonds. The highest BCUT2D eigenvalue weighted by molar-refractivity contribution is 6.65. The van der Waals surface area contributed by atoms with E-state index >= 15 is 0 Å². The number of halogens is 2. The molecule has 2 heterocycles. The fraction of sp³-hybridized carbons (Fsp3) is 0.133. The van der Waals surface area contributed by atoms with E-state index in [2.05, 4.69) is 10.1 Å². The van der Waals surface area contributed by atoms with Crippen molar-refractivity contribution in [1.82, 2.24) is 4.98 Å². The van der Waals surface area contributed by atoms with Gasteiger partial charge in [-0.05, 0) is 18.2 Å². The molecule has 1 aromatic carbocycles. The Hall–Kier alpha value is -2.31. The zero-order chi connectivity index (χ0) is 16.4. The smallest absolute Gasteiger partial charge is 0.363 e. The van der Waals surface area contributed by atoms with E-state index < -0.39 is 12.1 Å². The van der Waals surface area contributed by atoms with Crippen molar-refractivity contribution in [3.05, 3.63) is 52.8 Å². The number of carbonyl (C=O) groups is 1. The minimum absolute atomic E-state index is 0.0275. The summed E-state index contributed by atoms with van der Waals surface area (Å²) < 4.78 is 5.24. The highest BCUT2D eigenvalue weighted by Gasteiger charge is 2.27. The molecule has 118 valence electrons. The molecule has 0 saturated carbocycles. The van der Waals surface area contributed by atoms with Gasteiger partial charge in [-0.15, -0.1) is 0 Å². The van der Waals surface area contributed by atoms with Gasteiger partial charge in [0.2, 0.25) is 0 Å². The van der Waals surface area contributed by atoms with Gasteiger partial charge >= 0.3 is 5.97 Å². The van der Waals surface area contributed by atoms with Crippen LogP contribution in [0.25, 0.3) is 0 Å².